The van der Waals surface area contributed by atoms with Gasteiger partial charge in [-0.05, 0) is 25.5 Å². The summed E-state index contributed by atoms with van der Waals surface area (Å²) in [5.74, 6) is -1.10. The third-order valence-electron chi connectivity index (χ3n) is 2.81. The van der Waals surface area contributed by atoms with Crippen LogP contribution in [0.4, 0.5) is 0 Å². The maximum absolute atomic E-state index is 11.0. The Morgan fingerprint density at radius 1 is 1.53 bits per heavy atom. The van der Waals surface area contributed by atoms with E-state index in [1.165, 1.54) is 6.92 Å². The maximum Gasteiger partial charge on any atom is 0.303 e. The molecule has 0 bridgehead atoms. The number of fused-ring (bicyclic) bond motifs is 1. The van der Waals surface area contributed by atoms with Gasteiger partial charge in [-0.1, -0.05) is 0 Å². The molecule has 0 radical (unpaired) electrons. The molecule has 1 saturated heterocycles. The summed E-state index contributed by atoms with van der Waals surface area (Å²) in [7, 11) is 0. The van der Waals surface area contributed by atoms with E-state index in [9.17, 15) is 9.59 Å². The highest BCUT2D eigenvalue weighted by Crippen LogP contribution is 2.36. The van der Waals surface area contributed by atoms with Crippen molar-refractivity contribution in [3.05, 3.63) is 11.6 Å². The topological polar surface area (TPSA) is 61.8 Å². The van der Waals surface area contributed by atoms with Crippen LogP contribution in [0.1, 0.15) is 27.2 Å². The molecule has 0 aromatic rings. The molecule has 2 rings (SSSR count). The molecule has 5 heteroatoms. The molecule has 0 N–H and O–H groups in total. The Kier molecular flexibility index (Phi) is 3.05. The molecule has 94 valence electrons. The molecular formula is C12H16O5. The van der Waals surface area contributed by atoms with Crippen LogP contribution in [0.25, 0.3) is 0 Å². The van der Waals surface area contributed by atoms with Crippen molar-refractivity contribution >= 4 is 12.3 Å². The van der Waals surface area contributed by atoms with Crippen LogP contribution >= 0.6 is 0 Å². The number of rotatable bonds is 2. The number of carbonyl (C=O) groups excluding carboxylic acids is 2. The van der Waals surface area contributed by atoms with Gasteiger partial charge >= 0.3 is 5.97 Å². The second kappa shape index (κ2) is 4.23. The lowest BCUT2D eigenvalue weighted by molar-refractivity contribution is -0.168. The third kappa shape index (κ3) is 2.56. The lowest BCUT2D eigenvalue weighted by atomic mass is 9.93. The van der Waals surface area contributed by atoms with Gasteiger partial charge in [0.2, 0.25) is 0 Å². The largest absolute Gasteiger partial charge is 0.459 e. The molecule has 0 unspecified atom stereocenters. The van der Waals surface area contributed by atoms with E-state index in [0.29, 0.717) is 12.0 Å². The Morgan fingerprint density at radius 2 is 2.24 bits per heavy atom. The SMILES string of the molecule is CC(=O)O[C@@H]1CC(C=O)=C[C@H]2OC(C)(C)O[C@H]21. The van der Waals surface area contributed by atoms with Crippen LogP contribution in [-0.2, 0) is 23.8 Å². The van der Waals surface area contributed by atoms with Gasteiger partial charge in [0.25, 0.3) is 0 Å². The number of esters is 1. The molecule has 2 aliphatic rings. The summed E-state index contributed by atoms with van der Waals surface area (Å²) in [5, 5.41) is 0. The average Bonchev–Trinajstić information content (AvgIpc) is 2.51. The fraction of sp³-hybridized carbons (Fsp3) is 0.667. The van der Waals surface area contributed by atoms with E-state index in [2.05, 4.69) is 0 Å². The molecule has 1 heterocycles. The first-order valence-corrected chi connectivity index (χ1v) is 5.60. The van der Waals surface area contributed by atoms with Gasteiger partial charge < -0.3 is 14.2 Å². The van der Waals surface area contributed by atoms with E-state index in [4.69, 9.17) is 14.2 Å². The van der Waals surface area contributed by atoms with Crippen molar-refractivity contribution in [1.29, 1.82) is 0 Å². The van der Waals surface area contributed by atoms with Crippen molar-refractivity contribution in [2.24, 2.45) is 0 Å². The van der Waals surface area contributed by atoms with E-state index in [0.717, 1.165) is 6.29 Å². The van der Waals surface area contributed by atoms with Gasteiger partial charge in [0.05, 0.1) is 0 Å². The van der Waals surface area contributed by atoms with Gasteiger partial charge in [-0.2, -0.15) is 0 Å². The standard InChI is InChI=1S/C12H16O5/c1-7(14)15-9-4-8(6-13)5-10-11(9)17-12(2,3)16-10/h5-6,9-11H,4H2,1-3H3/t9-,10-,11+/m1/s1. The Bertz CT molecular complexity index is 371. The maximum atomic E-state index is 11.0. The second-order valence-corrected chi connectivity index (χ2v) is 4.78. The van der Waals surface area contributed by atoms with Gasteiger partial charge in [0.15, 0.2) is 5.79 Å². The van der Waals surface area contributed by atoms with E-state index in [1.54, 1.807) is 19.9 Å². The van der Waals surface area contributed by atoms with Crippen LogP contribution in [0, 0.1) is 0 Å². The first kappa shape index (κ1) is 12.3. The number of aldehydes is 1. The first-order valence-electron chi connectivity index (χ1n) is 5.60. The van der Waals surface area contributed by atoms with Crippen LogP contribution in [0.3, 0.4) is 0 Å². The minimum atomic E-state index is -0.720. The van der Waals surface area contributed by atoms with Crippen LogP contribution in [0.15, 0.2) is 11.6 Å². The molecule has 0 aromatic heterocycles. The fourth-order valence-electron chi connectivity index (χ4n) is 2.27. The highest BCUT2D eigenvalue weighted by molar-refractivity contribution is 5.74. The molecular weight excluding hydrogens is 224 g/mol. The lowest BCUT2D eigenvalue weighted by Gasteiger charge is -2.28. The summed E-state index contributed by atoms with van der Waals surface area (Å²) in [6.45, 7) is 4.93. The molecule has 1 aliphatic heterocycles. The number of hydrogen-bond donors (Lipinski definition) is 0. The normalized spacial score (nSPS) is 34.8. The van der Waals surface area contributed by atoms with Crippen LogP contribution in [0.2, 0.25) is 0 Å². The van der Waals surface area contributed by atoms with Gasteiger partial charge in [0, 0.05) is 13.3 Å². The van der Waals surface area contributed by atoms with Crippen molar-refractivity contribution in [3.63, 3.8) is 0 Å². The monoisotopic (exact) mass is 240 g/mol. The molecule has 0 amide bonds. The fourth-order valence-corrected chi connectivity index (χ4v) is 2.27. The van der Waals surface area contributed by atoms with E-state index < -0.39 is 11.9 Å². The summed E-state index contributed by atoms with van der Waals surface area (Å²) in [6, 6.07) is 0. The van der Waals surface area contributed by atoms with Crippen molar-refractivity contribution in [1.82, 2.24) is 0 Å². The van der Waals surface area contributed by atoms with Gasteiger partial charge in [-0.15, -0.1) is 0 Å². The lowest BCUT2D eigenvalue weighted by Crippen LogP contribution is -2.41. The molecule has 17 heavy (non-hydrogen) atoms. The van der Waals surface area contributed by atoms with E-state index >= 15 is 0 Å². The highest BCUT2D eigenvalue weighted by Gasteiger charge is 2.47. The van der Waals surface area contributed by atoms with Crippen LogP contribution in [0.5, 0.6) is 0 Å². The van der Waals surface area contributed by atoms with E-state index in [1.807, 2.05) is 0 Å². The summed E-state index contributed by atoms with van der Waals surface area (Å²) in [6.07, 6.45) is 1.77. The minimum Gasteiger partial charge on any atom is -0.459 e. The average molecular weight is 240 g/mol. The zero-order chi connectivity index (χ0) is 12.6. The zero-order valence-electron chi connectivity index (χ0n) is 10.1. The number of ether oxygens (including phenoxy) is 3. The van der Waals surface area contributed by atoms with E-state index in [-0.39, 0.29) is 18.2 Å². The zero-order valence-corrected chi connectivity index (χ0v) is 10.1. The predicted octanol–water partition coefficient (Wildman–Crippen LogP) is 0.967. The Balaban J connectivity index is 2.21. The molecule has 0 spiro atoms. The summed E-state index contributed by atoms with van der Waals surface area (Å²) in [4.78, 5) is 21.9. The van der Waals surface area contributed by atoms with Gasteiger partial charge in [0.1, 0.15) is 24.6 Å². The Labute approximate surface area is 99.7 Å². The van der Waals surface area contributed by atoms with Gasteiger partial charge in [-0.3, -0.25) is 9.59 Å². The first-order chi connectivity index (χ1) is 7.91. The Morgan fingerprint density at radius 3 is 2.82 bits per heavy atom. The molecule has 1 aliphatic carbocycles. The molecule has 5 nitrogen and oxygen atoms in total. The van der Waals surface area contributed by atoms with Crippen LogP contribution in [-0.4, -0.2) is 36.4 Å². The third-order valence-corrected chi connectivity index (χ3v) is 2.81. The molecule has 0 saturated carbocycles. The Hall–Kier alpha value is -1.20. The van der Waals surface area contributed by atoms with Crippen LogP contribution < -0.4 is 0 Å². The minimum absolute atomic E-state index is 0.330. The molecule has 3 atom stereocenters. The van der Waals surface area contributed by atoms with Crippen molar-refractivity contribution in [2.75, 3.05) is 0 Å². The van der Waals surface area contributed by atoms with Crippen molar-refractivity contribution < 1.29 is 23.8 Å². The number of carbonyl (C=O) groups is 2. The summed E-state index contributed by atoms with van der Waals surface area (Å²) < 4.78 is 16.5. The second-order valence-electron chi connectivity index (χ2n) is 4.78. The van der Waals surface area contributed by atoms with Crippen molar-refractivity contribution in [2.45, 2.75) is 51.3 Å². The van der Waals surface area contributed by atoms with Crippen molar-refractivity contribution in [3.8, 4) is 0 Å². The molecule has 0 aromatic carbocycles. The summed E-state index contributed by atoms with van der Waals surface area (Å²) >= 11 is 0. The smallest absolute Gasteiger partial charge is 0.303 e. The number of hydrogen-bond acceptors (Lipinski definition) is 5. The summed E-state index contributed by atoms with van der Waals surface area (Å²) in [5.41, 5.74) is 0.582. The highest BCUT2D eigenvalue weighted by atomic mass is 16.8. The van der Waals surface area contributed by atoms with Gasteiger partial charge in [-0.25, -0.2) is 0 Å². The quantitative estimate of drug-likeness (QED) is 0.531. The predicted molar refractivity (Wildman–Crippen MR) is 58.1 cm³/mol. The molecule has 1 fully saturated rings.